The Labute approximate surface area is 130 Å². The Hall–Kier alpha value is -0.510. The summed E-state index contributed by atoms with van der Waals surface area (Å²) in [6.45, 7) is 2.98. The summed E-state index contributed by atoms with van der Waals surface area (Å²) in [4.78, 5) is 4.72. The molecule has 19 heavy (non-hydrogen) atoms. The van der Waals surface area contributed by atoms with Gasteiger partial charge >= 0.3 is 0 Å². The van der Waals surface area contributed by atoms with Gasteiger partial charge in [0, 0.05) is 27.8 Å². The first-order valence-corrected chi connectivity index (χ1v) is 7.91. The zero-order valence-electron chi connectivity index (χ0n) is 10.5. The summed E-state index contributed by atoms with van der Waals surface area (Å²) in [6, 6.07) is 2.01. The third-order valence-electron chi connectivity index (χ3n) is 3.50. The van der Waals surface area contributed by atoms with Gasteiger partial charge in [-0.15, -0.1) is 0 Å². The minimum Gasteiger partial charge on any atom is -0.384 e. The molecule has 1 heterocycles. The molecule has 0 atom stereocenters. The van der Waals surface area contributed by atoms with E-state index in [2.05, 4.69) is 28.2 Å². The molecule has 2 nitrogen and oxygen atoms in total. The van der Waals surface area contributed by atoms with Crippen LogP contribution in [0.2, 0.25) is 10.0 Å². The monoisotopic (exact) mass is 358 g/mol. The Balaban J connectivity index is 2.41. The van der Waals surface area contributed by atoms with Crippen molar-refractivity contribution in [3.63, 3.8) is 0 Å². The maximum Gasteiger partial charge on any atom is 0.0928 e. The number of benzene rings is 1. The molecule has 0 spiro atoms. The second-order valence-electron chi connectivity index (χ2n) is 4.68. The molecule has 5 heteroatoms. The van der Waals surface area contributed by atoms with Crippen molar-refractivity contribution < 1.29 is 0 Å². The lowest BCUT2D eigenvalue weighted by Gasteiger charge is -2.15. The Bertz CT molecular complexity index is 671. The molecule has 1 aliphatic carbocycles. The summed E-state index contributed by atoms with van der Waals surface area (Å²) < 4.78 is 0.811. The van der Waals surface area contributed by atoms with Gasteiger partial charge in [-0.25, -0.2) is 0 Å². The molecule has 0 fully saturated rings. The minimum absolute atomic E-state index is 0.528. The summed E-state index contributed by atoms with van der Waals surface area (Å²) in [5.74, 6) is 0. The molecule has 1 aliphatic rings. The summed E-state index contributed by atoms with van der Waals surface area (Å²) in [5.41, 5.74) is 4.45. The van der Waals surface area contributed by atoms with Crippen LogP contribution in [0.3, 0.4) is 0 Å². The van der Waals surface area contributed by atoms with Crippen LogP contribution in [0.15, 0.2) is 10.5 Å². The van der Waals surface area contributed by atoms with E-state index >= 15 is 0 Å². The number of halogens is 3. The molecule has 100 valence electrons. The van der Waals surface area contributed by atoms with E-state index in [1.54, 1.807) is 0 Å². The third-order valence-corrected chi connectivity index (χ3v) is 5.21. The van der Waals surface area contributed by atoms with Gasteiger partial charge in [0.15, 0.2) is 0 Å². The zero-order valence-corrected chi connectivity index (χ0v) is 13.6. The van der Waals surface area contributed by atoms with Crippen molar-refractivity contribution in [2.45, 2.75) is 26.2 Å². The predicted molar refractivity (Wildman–Crippen MR) is 85.7 cm³/mol. The number of nitrogens with one attached hydrogen (secondary N) is 1. The van der Waals surface area contributed by atoms with Crippen LogP contribution in [0.1, 0.15) is 24.6 Å². The number of hydrogen-bond acceptors (Lipinski definition) is 2. The second kappa shape index (κ2) is 5.12. The molecule has 0 unspecified atom stereocenters. The quantitative estimate of drug-likeness (QED) is 0.743. The average molecular weight is 360 g/mol. The van der Waals surface area contributed by atoms with E-state index < -0.39 is 0 Å². The normalized spacial score (nSPS) is 13.9. The standard InChI is InChI=1S/C14H13BrCl2N2/c1-2-18-13-7-4-3-5-10(7)19-14-8(13)6-9(15)11(16)12(14)17/h6H,2-5H2,1H3,(H,18,19). The first kappa shape index (κ1) is 13.5. The van der Waals surface area contributed by atoms with Crippen molar-refractivity contribution in [1.29, 1.82) is 0 Å². The van der Waals surface area contributed by atoms with E-state index in [1.165, 1.54) is 11.3 Å². The number of aryl methyl sites for hydroxylation is 1. The maximum atomic E-state index is 6.35. The molecule has 0 saturated carbocycles. The fraction of sp³-hybridized carbons (Fsp3) is 0.357. The van der Waals surface area contributed by atoms with Crippen LogP contribution in [0, 0.1) is 0 Å². The minimum atomic E-state index is 0.528. The Morgan fingerprint density at radius 3 is 2.84 bits per heavy atom. The van der Waals surface area contributed by atoms with Gasteiger partial charge in [-0.3, -0.25) is 4.98 Å². The second-order valence-corrected chi connectivity index (χ2v) is 6.29. The smallest absolute Gasteiger partial charge is 0.0928 e. The van der Waals surface area contributed by atoms with Crippen LogP contribution in [-0.4, -0.2) is 11.5 Å². The lowest BCUT2D eigenvalue weighted by molar-refractivity contribution is 0.901. The van der Waals surface area contributed by atoms with Gasteiger partial charge in [0.25, 0.3) is 0 Å². The van der Waals surface area contributed by atoms with Crippen molar-refractivity contribution >= 4 is 55.7 Å². The summed E-state index contributed by atoms with van der Waals surface area (Å²) in [5, 5.41) is 5.56. The number of fused-ring (bicyclic) bond motifs is 2. The van der Waals surface area contributed by atoms with Crippen LogP contribution in [0.4, 0.5) is 5.69 Å². The van der Waals surface area contributed by atoms with Crippen LogP contribution in [0.25, 0.3) is 10.9 Å². The molecule has 0 bridgehead atoms. The van der Waals surface area contributed by atoms with Crippen LogP contribution in [-0.2, 0) is 12.8 Å². The molecule has 0 aliphatic heterocycles. The van der Waals surface area contributed by atoms with Crippen molar-refractivity contribution in [3.05, 3.63) is 31.8 Å². The van der Waals surface area contributed by atoms with Crippen molar-refractivity contribution in [2.75, 3.05) is 11.9 Å². The Kier molecular flexibility index (Phi) is 3.63. The Morgan fingerprint density at radius 2 is 2.11 bits per heavy atom. The van der Waals surface area contributed by atoms with Crippen molar-refractivity contribution in [1.82, 2.24) is 4.98 Å². The van der Waals surface area contributed by atoms with E-state index in [4.69, 9.17) is 28.2 Å². The van der Waals surface area contributed by atoms with E-state index in [9.17, 15) is 0 Å². The molecule has 2 aromatic rings. The fourth-order valence-corrected chi connectivity index (χ4v) is 3.61. The molecule has 0 saturated heterocycles. The van der Waals surface area contributed by atoms with E-state index in [-0.39, 0.29) is 0 Å². The van der Waals surface area contributed by atoms with Crippen molar-refractivity contribution in [3.8, 4) is 0 Å². The highest BCUT2D eigenvalue weighted by molar-refractivity contribution is 9.10. The van der Waals surface area contributed by atoms with Gasteiger partial charge < -0.3 is 5.32 Å². The Morgan fingerprint density at radius 1 is 1.32 bits per heavy atom. The van der Waals surface area contributed by atoms with Gasteiger partial charge in [0.2, 0.25) is 0 Å². The van der Waals surface area contributed by atoms with Crippen molar-refractivity contribution in [2.24, 2.45) is 0 Å². The number of rotatable bonds is 2. The fourth-order valence-electron chi connectivity index (χ4n) is 2.68. The van der Waals surface area contributed by atoms with Gasteiger partial charge in [-0.05, 0) is 53.7 Å². The molecule has 0 amide bonds. The van der Waals surface area contributed by atoms with Gasteiger partial charge in [0.1, 0.15) is 0 Å². The SMILES string of the molecule is CCNc1c2c(nc3c(Cl)c(Cl)c(Br)cc13)CCC2. The van der Waals surface area contributed by atoms with Crippen LogP contribution in [0.5, 0.6) is 0 Å². The van der Waals surface area contributed by atoms with Gasteiger partial charge in [0.05, 0.1) is 15.6 Å². The summed E-state index contributed by atoms with van der Waals surface area (Å²) in [6.07, 6.45) is 3.26. The molecule has 1 aromatic heterocycles. The van der Waals surface area contributed by atoms with E-state index in [0.717, 1.165) is 46.9 Å². The van der Waals surface area contributed by atoms with E-state index in [1.807, 2.05) is 6.07 Å². The number of nitrogens with zero attached hydrogens (tertiary/aromatic N) is 1. The topological polar surface area (TPSA) is 24.9 Å². The van der Waals surface area contributed by atoms with Crippen LogP contribution >= 0.6 is 39.1 Å². The largest absolute Gasteiger partial charge is 0.384 e. The highest BCUT2D eigenvalue weighted by atomic mass is 79.9. The lowest BCUT2D eigenvalue weighted by atomic mass is 10.1. The summed E-state index contributed by atoms with van der Waals surface area (Å²) in [7, 11) is 0. The number of anilines is 1. The lowest BCUT2D eigenvalue weighted by Crippen LogP contribution is -2.04. The van der Waals surface area contributed by atoms with Gasteiger partial charge in [-0.2, -0.15) is 0 Å². The molecule has 0 radical (unpaired) electrons. The average Bonchev–Trinajstić information content (AvgIpc) is 2.85. The molecule has 1 aromatic carbocycles. The zero-order chi connectivity index (χ0) is 13.6. The third kappa shape index (κ3) is 2.12. The number of pyridine rings is 1. The first-order valence-electron chi connectivity index (χ1n) is 6.36. The predicted octanol–water partition coefficient (Wildman–Crippen LogP) is 5.22. The maximum absolute atomic E-state index is 6.35. The molecule has 1 N–H and O–H groups in total. The number of hydrogen-bond donors (Lipinski definition) is 1. The van der Waals surface area contributed by atoms with E-state index in [0.29, 0.717) is 10.0 Å². The first-order chi connectivity index (χ1) is 9.13. The number of aromatic nitrogens is 1. The highest BCUT2D eigenvalue weighted by Crippen LogP contribution is 2.42. The molecular weight excluding hydrogens is 347 g/mol. The van der Waals surface area contributed by atoms with Gasteiger partial charge in [-0.1, -0.05) is 23.2 Å². The highest BCUT2D eigenvalue weighted by Gasteiger charge is 2.22. The molecular formula is C14H13BrCl2N2. The molecule has 3 rings (SSSR count). The van der Waals surface area contributed by atoms with Crippen LogP contribution < -0.4 is 5.32 Å². The summed E-state index contributed by atoms with van der Waals surface area (Å²) >= 11 is 16.0.